The van der Waals surface area contributed by atoms with Gasteiger partial charge in [-0.1, -0.05) is 388 Å². The molecule has 0 spiro atoms. The normalized spacial score (nSPS) is 11.7. The fourth-order valence-electron chi connectivity index (χ4n) is 19.5. The van der Waals surface area contributed by atoms with Crippen LogP contribution < -0.4 is 0 Å². The molecular formula is C117H234N3S6Sb. The molecule has 0 fully saturated rings. The van der Waals surface area contributed by atoms with Crippen LogP contribution in [0.15, 0.2) is 0 Å². The van der Waals surface area contributed by atoms with Crippen molar-refractivity contribution in [3.05, 3.63) is 0 Å². The molecule has 0 aliphatic rings. The van der Waals surface area contributed by atoms with E-state index in [9.17, 15) is 0 Å². The molecule has 0 saturated carbocycles. The molecule has 127 heavy (non-hydrogen) atoms. The van der Waals surface area contributed by atoms with E-state index in [1.165, 1.54) is 668 Å². The zero-order chi connectivity index (χ0) is 91.5. The molecule has 0 aromatic heterocycles. The Balaban J connectivity index is 6.78. The number of nitrogens with zero attached hydrogens (tertiary/aromatic N) is 3. The summed E-state index contributed by atoms with van der Waals surface area (Å²) in [6, 6.07) is 0. The van der Waals surface area contributed by atoms with Crippen molar-refractivity contribution < 1.29 is 0 Å². The third-order valence-corrected chi connectivity index (χ3v) is 52.2. The quantitative estimate of drug-likeness (QED) is 0.0332. The van der Waals surface area contributed by atoms with Gasteiger partial charge in [-0.3, -0.25) is 0 Å². The Morgan fingerprint density at radius 1 is 0.126 bits per heavy atom. The minimum atomic E-state index is -2.49. The molecule has 0 radical (unpaired) electrons. The molecule has 0 N–H and O–H groups in total. The van der Waals surface area contributed by atoms with Gasteiger partial charge in [-0.25, -0.2) is 0 Å². The summed E-state index contributed by atoms with van der Waals surface area (Å²) < 4.78 is 3.59. The van der Waals surface area contributed by atoms with E-state index in [0.29, 0.717) is 0 Å². The zero-order valence-electron chi connectivity index (χ0n) is 88.1. The van der Waals surface area contributed by atoms with Crippen molar-refractivity contribution in [3.63, 3.8) is 0 Å². The van der Waals surface area contributed by atoms with Gasteiger partial charge in [-0.15, -0.1) is 0 Å². The van der Waals surface area contributed by atoms with Gasteiger partial charge in [-0.2, -0.15) is 0 Å². The molecule has 0 bridgehead atoms. The second-order valence-electron chi connectivity index (χ2n) is 41.2. The molecular weight excluding hydrogens is 1760 g/mol. The second-order valence-corrected chi connectivity index (χ2v) is 62.8. The summed E-state index contributed by atoms with van der Waals surface area (Å²) in [5.41, 5.74) is 0. The monoisotopic (exact) mass is 1990 g/mol. The molecule has 0 amide bonds. The van der Waals surface area contributed by atoms with Gasteiger partial charge in [-0.05, 0) is 0 Å². The first-order chi connectivity index (χ1) is 62.9. The topological polar surface area (TPSA) is 9.72 Å². The molecule has 0 atom stereocenters. The van der Waals surface area contributed by atoms with Crippen LogP contribution in [0.5, 0.6) is 0 Å². The fourth-order valence-corrected chi connectivity index (χ4v) is 49.6. The van der Waals surface area contributed by atoms with Crippen LogP contribution >= 0.6 is 63.2 Å². The summed E-state index contributed by atoms with van der Waals surface area (Å²) >= 11 is 18.3. The van der Waals surface area contributed by atoms with Gasteiger partial charge in [0.1, 0.15) is 0 Å². The molecule has 0 aromatic rings. The van der Waals surface area contributed by atoms with E-state index in [0.717, 1.165) is 39.3 Å². The van der Waals surface area contributed by atoms with E-state index in [-0.39, 0.29) is 0 Å². The maximum atomic E-state index is 6.93. The molecule has 3 nitrogen and oxygen atoms in total. The van der Waals surface area contributed by atoms with E-state index < -0.39 is 16.0 Å². The molecule has 0 aliphatic heterocycles. The number of hydrogen-bond acceptors (Lipinski definition) is 6. The van der Waals surface area contributed by atoms with Crippen molar-refractivity contribution in [2.24, 2.45) is 0 Å². The molecule has 0 aliphatic carbocycles. The fraction of sp³-hybridized carbons (Fsp3) is 0.974. The maximum absolute atomic E-state index is 6.93. The Hall–Kier alpha value is 1.54. The van der Waals surface area contributed by atoms with Crippen LogP contribution in [-0.4, -0.2) is 82.9 Å². The van der Waals surface area contributed by atoms with Crippen LogP contribution in [0.4, 0.5) is 0 Å². The third-order valence-electron chi connectivity index (χ3n) is 28.4. The van der Waals surface area contributed by atoms with Crippen LogP contribution in [0.1, 0.15) is 696 Å². The van der Waals surface area contributed by atoms with Gasteiger partial charge in [0.25, 0.3) is 0 Å². The molecule has 758 valence electrons. The number of thiocarbonyl (C=S) groups is 3. The van der Waals surface area contributed by atoms with Crippen molar-refractivity contribution in [1.29, 1.82) is 0 Å². The Morgan fingerprint density at radius 2 is 0.197 bits per heavy atom. The summed E-state index contributed by atoms with van der Waals surface area (Å²) in [6.45, 7) is 20.7. The van der Waals surface area contributed by atoms with Crippen LogP contribution in [-0.2, 0) is 0 Å². The first kappa shape index (κ1) is 129. The van der Waals surface area contributed by atoms with E-state index >= 15 is 0 Å². The Morgan fingerprint density at radius 3 is 0.276 bits per heavy atom. The smallest absolute Gasteiger partial charge is 0.0654 e. The number of hydrogen-bond donors (Lipinski definition) is 0. The molecule has 0 rings (SSSR count). The first-order valence-corrected chi connectivity index (χ1v) is 72.5. The van der Waals surface area contributed by atoms with Gasteiger partial charge in [0.15, 0.2) is 0 Å². The van der Waals surface area contributed by atoms with Crippen LogP contribution in [0.25, 0.3) is 0 Å². The van der Waals surface area contributed by atoms with Crippen LogP contribution in [0.3, 0.4) is 0 Å². The summed E-state index contributed by atoms with van der Waals surface area (Å²) in [5, 5.41) is 0. The van der Waals surface area contributed by atoms with E-state index in [1.807, 2.05) is 0 Å². The summed E-state index contributed by atoms with van der Waals surface area (Å²) in [6.07, 6.45) is 145. The molecule has 0 unspecified atom stereocenters. The van der Waals surface area contributed by atoms with E-state index in [4.69, 9.17) is 36.7 Å². The minimum absolute atomic E-state index is 1.12. The summed E-state index contributed by atoms with van der Waals surface area (Å²) in [4.78, 5) is 8.25. The Kier molecular flexibility index (Phi) is 116. The van der Waals surface area contributed by atoms with Crippen LogP contribution in [0.2, 0.25) is 0 Å². The van der Waals surface area contributed by atoms with Gasteiger partial charge >= 0.3 is 454 Å². The SMILES string of the molecule is CCCCCCCCCCCCCCCCCCCN(CCCCCCCCCCCCCCCCCCC)C(=S)[S][Sb]([S]C(=S)N(CCCCCCCCCCCCCCCCCCC)CCCCCCCCCCCCCCCCCCC)[S]C(=S)N(CCCCCCCCCCCCCCCCCCC)CCCCCCCCCCCCCCCCCCC. The predicted molar refractivity (Wildman–Crippen MR) is 606 cm³/mol. The minimum Gasteiger partial charge on any atom is -0.0654 e. The first-order valence-electron chi connectivity index (χ1n) is 59.6. The van der Waals surface area contributed by atoms with Gasteiger partial charge in [0, 0.05) is 0 Å². The van der Waals surface area contributed by atoms with Crippen LogP contribution in [0, 0.1) is 0 Å². The van der Waals surface area contributed by atoms with Crippen molar-refractivity contribution >= 4 is 92.2 Å². The van der Waals surface area contributed by atoms with Crippen molar-refractivity contribution in [3.8, 4) is 0 Å². The summed E-state index contributed by atoms with van der Waals surface area (Å²) in [5.74, 6) is 0. The number of unbranched alkanes of at least 4 members (excludes halogenated alkanes) is 96. The Labute approximate surface area is 835 Å². The van der Waals surface area contributed by atoms with Gasteiger partial charge in [0.05, 0.1) is 0 Å². The molecule has 0 aromatic carbocycles. The summed E-state index contributed by atoms with van der Waals surface area (Å²) in [7, 11) is 6.49. The van der Waals surface area contributed by atoms with Crippen molar-refractivity contribution in [2.75, 3.05) is 39.3 Å². The average Bonchev–Trinajstić information content (AvgIpc) is 0.870. The molecule has 0 heterocycles. The third kappa shape index (κ3) is 103. The molecule has 10 heteroatoms. The second kappa shape index (κ2) is 115. The standard InChI is InChI=1S/3C39H79NS2.Sb/c3*1-3-5-7-9-11-13-15-17-19-21-23-25-27-29-31-33-35-37-40(39(41)42)38-36-34-32-30-28-26-24-22-20-18-16-14-12-10-8-6-4-2;/h3*3-38H2,1-2H3,(H,41,42);/q;;;+3/p-3. The molecule has 0 saturated heterocycles. The number of rotatable bonds is 111. The average molecular weight is 2000 g/mol. The van der Waals surface area contributed by atoms with Gasteiger partial charge < -0.3 is 0 Å². The van der Waals surface area contributed by atoms with Gasteiger partial charge in [0.2, 0.25) is 0 Å². The van der Waals surface area contributed by atoms with Crippen molar-refractivity contribution in [2.45, 2.75) is 696 Å². The zero-order valence-corrected chi connectivity index (χ0v) is 95.6. The Bertz CT molecular complexity index is 1730. The van der Waals surface area contributed by atoms with E-state index in [2.05, 4.69) is 82.8 Å². The predicted octanol–water partition coefficient (Wildman–Crippen LogP) is 44.8. The van der Waals surface area contributed by atoms with Crippen molar-refractivity contribution in [1.82, 2.24) is 14.7 Å². The van der Waals surface area contributed by atoms with E-state index in [1.54, 1.807) is 0 Å².